The van der Waals surface area contributed by atoms with E-state index in [2.05, 4.69) is 15.5 Å². The van der Waals surface area contributed by atoms with E-state index in [1.807, 2.05) is 0 Å². The van der Waals surface area contributed by atoms with Gasteiger partial charge in [-0.2, -0.15) is 5.10 Å². The van der Waals surface area contributed by atoms with Crippen LogP contribution in [-0.4, -0.2) is 35.4 Å². The Morgan fingerprint density at radius 2 is 1.91 bits per heavy atom. The van der Waals surface area contributed by atoms with Crippen LogP contribution in [0.5, 0.6) is 0 Å². The number of nitrogens with zero attached hydrogens (tertiary/aromatic N) is 1. The minimum Gasteiger partial charge on any atom is -0.478 e. The van der Waals surface area contributed by atoms with Gasteiger partial charge in [0, 0.05) is 5.69 Å². The Kier molecular flexibility index (Phi) is 4.80. The Balaban J connectivity index is 2.12. The number of carbonyl (C=O) groups excluding carboxylic acids is 1. The van der Waals surface area contributed by atoms with Crippen molar-refractivity contribution in [1.82, 2.24) is 4.98 Å². The molecule has 7 nitrogen and oxygen atoms in total. The molecule has 2 rings (SSSR count). The maximum atomic E-state index is 11.7. The number of nitrogens with one attached hydrogen (secondary N) is 2. The second-order valence-electron chi connectivity index (χ2n) is 4.91. The lowest BCUT2D eigenvalue weighted by Gasteiger charge is -2.01. The van der Waals surface area contributed by atoms with Gasteiger partial charge in [0.05, 0.1) is 35.8 Å². The molecule has 1 aromatic heterocycles. The Labute approximate surface area is 133 Å². The first-order chi connectivity index (χ1) is 10.9. The largest absolute Gasteiger partial charge is 0.478 e. The zero-order chi connectivity index (χ0) is 17.0. The number of hydrazone groups is 1. The smallest absolute Gasteiger partial charge is 0.339 e. The topological polar surface area (TPSA) is 104 Å². The number of benzene rings is 1. The van der Waals surface area contributed by atoms with E-state index in [4.69, 9.17) is 9.84 Å². The van der Waals surface area contributed by atoms with E-state index < -0.39 is 11.9 Å². The first kappa shape index (κ1) is 16.3. The standard InChI is InChI=1S/C16H17N3O4/c1-9-13(18-10(2)14(9)16(22)23-3)8-17-19-12-6-4-11(5-7-12)15(20)21/h4-8,18-19H,1-3H3,(H,20,21). The monoisotopic (exact) mass is 315 g/mol. The molecule has 0 aliphatic rings. The number of rotatable bonds is 5. The first-order valence-electron chi connectivity index (χ1n) is 6.84. The van der Waals surface area contributed by atoms with Crippen molar-refractivity contribution in [3.05, 3.63) is 52.3 Å². The van der Waals surface area contributed by atoms with E-state index in [0.717, 1.165) is 5.56 Å². The summed E-state index contributed by atoms with van der Waals surface area (Å²) in [6.45, 7) is 3.59. The number of carboxylic acids is 1. The number of ether oxygens (including phenoxy) is 1. The summed E-state index contributed by atoms with van der Waals surface area (Å²) in [7, 11) is 1.34. The van der Waals surface area contributed by atoms with Gasteiger partial charge in [-0.25, -0.2) is 9.59 Å². The molecule has 0 aliphatic heterocycles. The van der Waals surface area contributed by atoms with Crippen molar-refractivity contribution in [2.75, 3.05) is 12.5 Å². The van der Waals surface area contributed by atoms with Gasteiger partial charge in [0.1, 0.15) is 0 Å². The normalized spacial score (nSPS) is 10.7. The zero-order valence-electron chi connectivity index (χ0n) is 13.0. The van der Waals surface area contributed by atoms with Crippen molar-refractivity contribution >= 4 is 23.8 Å². The number of carboxylic acid groups (broad SMARTS) is 1. The molecule has 0 fully saturated rings. The number of hydrogen-bond acceptors (Lipinski definition) is 5. The van der Waals surface area contributed by atoms with E-state index in [9.17, 15) is 9.59 Å². The van der Waals surface area contributed by atoms with Crippen LogP contribution in [0.3, 0.4) is 0 Å². The molecule has 0 amide bonds. The van der Waals surface area contributed by atoms with Crippen molar-refractivity contribution in [1.29, 1.82) is 0 Å². The van der Waals surface area contributed by atoms with Crippen molar-refractivity contribution in [2.24, 2.45) is 5.10 Å². The van der Waals surface area contributed by atoms with Gasteiger partial charge in [-0.15, -0.1) is 0 Å². The second-order valence-corrected chi connectivity index (χ2v) is 4.91. The van der Waals surface area contributed by atoms with Gasteiger partial charge in [0.25, 0.3) is 0 Å². The Hall–Kier alpha value is -3.09. The molecule has 0 bridgehead atoms. The average Bonchev–Trinajstić information content (AvgIpc) is 2.81. The zero-order valence-corrected chi connectivity index (χ0v) is 13.0. The fraction of sp³-hybridized carbons (Fsp3) is 0.188. The number of aromatic carboxylic acids is 1. The van der Waals surface area contributed by atoms with Crippen LogP contribution in [0.25, 0.3) is 0 Å². The summed E-state index contributed by atoms with van der Waals surface area (Å²) in [5.41, 5.74) is 6.31. The highest BCUT2D eigenvalue weighted by molar-refractivity contribution is 5.96. The van der Waals surface area contributed by atoms with E-state index in [1.54, 1.807) is 32.2 Å². The van der Waals surface area contributed by atoms with E-state index >= 15 is 0 Å². The molecule has 0 aliphatic carbocycles. The average molecular weight is 315 g/mol. The molecule has 1 heterocycles. The lowest BCUT2D eigenvalue weighted by atomic mass is 10.1. The SMILES string of the molecule is COC(=O)c1c(C)[nH]c(C=NNc2ccc(C(=O)O)cc2)c1C. The van der Waals surface area contributed by atoms with Gasteiger partial charge in [0.2, 0.25) is 0 Å². The molecular formula is C16H17N3O4. The number of hydrogen-bond donors (Lipinski definition) is 3. The van der Waals surface area contributed by atoms with Crippen molar-refractivity contribution in [3.63, 3.8) is 0 Å². The van der Waals surface area contributed by atoms with Crippen molar-refractivity contribution < 1.29 is 19.4 Å². The summed E-state index contributed by atoms with van der Waals surface area (Å²) >= 11 is 0. The predicted octanol–water partition coefficient (Wildman–Crippen LogP) is 2.56. The van der Waals surface area contributed by atoms with Crippen molar-refractivity contribution in [3.8, 4) is 0 Å². The Bertz CT molecular complexity index is 760. The van der Waals surface area contributed by atoms with Crippen LogP contribution in [0.15, 0.2) is 29.4 Å². The van der Waals surface area contributed by atoms with E-state index in [0.29, 0.717) is 22.6 Å². The highest BCUT2D eigenvalue weighted by atomic mass is 16.5. The summed E-state index contributed by atoms with van der Waals surface area (Å²) in [6, 6.07) is 6.21. The number of carbonyl (C=O) groups is 2. The van der Waals surface area contributed by atoms with Gasteiger partial charge in [0.15, 0.2) is 0 Å². The van der Waals surface area contributed by atoms with Crippen LogP contribution in [0.4, 0.5) is 5.69 Å². The maximum absolute atomic E-state index is 11.7. The molecular weight excluding hydrogens is 298 g/mol. The highest BCUT2D eigenvalue weighted by Gasteiger charge is 2.17. The Morgan fingerprint density at radius 1 is 1.26 bits per heavy atom. The van der Waals surface area contributed by atoms with Gasteiger partial charge >= 0.3 is 11.9 Å². The van der Waals surface area contributed by atoms with E-state index in [1.165, 1.54) is 19.2 Å². The highest BCUT2D eigenvalue weighted by Crippen LogP contribution is 2.17. The fourth-order valence-corrected chi connectivity index (χ4v) is 2.17. The minimum atomic E-state index is -0.979. The number of aromatic amines is 1. The van der Waals surface area contributed by atoms with Crippen LogP contribution in [0.2, 0.25) is 0 Å². The third-order valence-electron chi connectivity index (χ3n) is 3.38. The first-order valence-corrected chi connectivity index (χ1v) is 6.84. The molecule has 0 saturated carbocycles. The van der Waals surface area contributed by atoms with Crippen LogP contribution < -0.4 is 5.43 Å². The molecule has 0 unspecified atom stereocenters. The van der Waals surface area contributed by atoms with Gasteiger partial charge in [-0.05, 0) is 43.7 Å². The number of esters is 1. The van der Waals surface area contributed by atoms with Crippen LogP contribution in [0.1, 0.15) is 37.7 Å². The molecule has 0 spiro atoms. The number of H-pyrrole nitrogens is 1. The van der Waals surface area contributed by atoms with Crippen LogP contribution in [0, 0.1) is 13.8 Å². The molecule has 1 aromatic carbocycles. The lowest BCUT2D eigenvalue weighted by molar-refractivity contribution is 0.0598. The molecule has 3 N–H and O–H groups in total. The van der Waals surface area contributed by atoms with Gasteiger partial charge in [-0.3, -0.25) is 5.43 Å². The molecule has 7 heteroatoms. The minimum absolute atomic E-state index is 0.207. The maximum Gasteiger partial charge on any atom is 0.339 e. The number of methoxy groups -OCH3 is 1. The third kappa shape index (κ3) is 3.57. The number of anilines is 1. The molecule has 0 atom stereocenters. The van der Waals surface area contributed by atoms with Crippen LogP contribution >= 0.6 is 0 Å². The molecule has 0 saturated heterocycles. The molecule has 0 radical (unpaired) electrons. The molecule has 2 aromatic rings. The second kappa shape index (κ2) is 6.78. The van der Waals surface area contributed by atoms with Crippen molar-refractivity contribution in [2.45, 2.75) is 13.8 Å². The molecule has 23 heavy (non-hydrogen) atoms. The summed E-state index contributed by atoms with van der Waals surface area (Å²) < 4.78 is 4.75. The van der Waals surface area contributed by atoms with Crippen LogP contribution in [-0.2, 0) is 4.74 Å². The summed E-state index contributed by atoms with van der Waals surface area (Å²) in [6.07, 6.45) is 1.56. The summed E-state index contributed by atoms with van der Waals surface area (Å²) in [5, 5.41) is 12.9. The predicted molar refractivity (Wildman–Crippen MR) is 86.2 cm³/mol. The summed E-state index contributed by atoms with van der Waals surface area (Å²) in [4.78, 5) is 25.5. The summed E-state index contributed by atoms with van der Waals surface area (Å²) in [5.74, 6) is -1.37. The fourth-order valence-electron chi connectivity index (χ4n) is 2.17. The molecule has 120 valence electrons. The van der Waals surface area contributed by atoms with Gasteiger partial charge < -0.3 is 14.8 Å². The lowest BCUT2D eigenvalue weighted by Crippen LogP contribution is -2.03. The quantitative estimate of drug-likeness (QED) is 0.447. The number of aromatic nitrogens is 1. The van der Waals surface area contributed by atoms with E-state index in [-0.39, 0.29) is 5.56 Å². The third-order valence-corrected chi connectivity index (χ3v) is 3.38. The Morgan fingerprint density at radius 3 is 2.48 bits per heavy atom. The number of aryl methyl sites for hydroxylation is 1. The van der Waals surface area contributed by atoms with Gasteiger partial charge in [-0.1, -0.05) is 0 Å².